The molecule has 0 amide bonds. The second kappa shape index (κ2) is 12.6. The summed E-state index contributed by atoms with van der Waals surface area (Å²) in [6.45, 7) is 4.46. The number of hydrogen-bond acceptors (Lipinski definition) is 4. The highest BCUT2D eigenvalue weighted by Gasteiger charge is 1.78. The van der Waals surface area contributed by atoms with Gasteiger partial charge in [-0.25, -0.2) is 0 Å². The Morgan fingerprint density at radius 2 is 2.00 bits per heavy atom. The first-order valence-corrected chi connectivity index (χ1v) is 3.78. The molecule has 0 radical (unpaired) electrons. The monoisotopic (exact) mass is 176 g/mol. The molecule has 0 aromatic carbocycles. The van der Waals surface area contributed by atoms with E-state index in [9.17, 15) is 9.59 Å². The van der Waals surface area contributed by atoms with E-state index in [4.69, 9.17) is 0 Å². The van der Waals surface area contributed by atoms with Crippen LogP contribution in [0.4, 0.5) is 0 Å². The Bertz CT molecular complexity index is 112. The van der Waals surface area contributed by atoms with Crippen molar-refractivity contribution in [3.05, 3.63) is 0 Å². The summed E-state index contributed by atoms with van der Waals surface area (Å²) in [4.78, 5) is 19.0. The van der Waals surface area contributed by atoms with E-state index in [0.717, 1.165) is 12.8 Å². The molecular weight excluding hydrogens is 160 g/mol. The average molecular weight is 176 g/mol. The molecule has 4 nitrogen and oxygen atoms in total. The molecule has 4 heteroatoms. The van der Waals surface area contributed by atoms with E-state index < -0.39 is 0 Å². The second-order valence-corrected chi connectivity index (χ2v) is 2.02. The molecule has 0 bridgehead atoms. The Morgan fingerprint density at radius 1 is 1.50 bits per heavy atom. The van der Waals surface area contributed by atoms with Crippen molar-refractivity contribution in [2.75, 3.05) is 13.7 Å². The molecule has 0 aliphatic rings. The summed E-state index contributed by atoms with van der Waals surface area (Å²) in [7, 11) is 1.35. The van der Waals surface area contributed by atoms with Crippen LogP contribution in [0.25, 0.3) is 0 Å². The molecule has 0 aromatic heterocycles. The summed E-state index contributed by atoms with van der Waals surface area (Å²) in [5.41, 5.74) is 0. The minimum atomic E-state index is -0.245. The maximum absolute atomic E-state index is 9.59. The van der Waals surface area contributed by atoms with Gasteiger partial charge >= 0.3 is 5.97 Å². The van der Waals surface area contributed by atoms with Gasteiger partial charge in [-0.15, -0.1) is 0 Å². The van der Waals surface area contributed by atoms with Crippen molar-refractivity contribution in [3.63, 3.8) is 0 Å². The third kappa shape index (κ3) is 23.1. The highest BCUT2D eigenvalue weighted by atomic mass is 16.5. The molecule has 0 saturated heterocycles. The van der Waals surface area contributed by atoms with Gasteiger partial charge in [0.1, 0.15) is 0 Å². The summed E-state index contributed by atoms with van der Waals surface area (Å²) >= 11 is 0. The Balaban J connectivity index is 0. The fraction of sp³-hybridized carbons (Fsp3) is 0.750. The first kappa shape index (κ1) is 13.5. The van der Waals surface area contributed by atoms with Crippen molar-refractivity contribution in [2.24, 2.45) is 0 Å². The number of methoxy groups -OCH3 is 1. The van der Waals surface area contributed by atoms with Crippen molar-refractivity contribution in [3.8, 4) is 0 Å². The number of ether oxygens (including phenoxy) is 2. The lowest BCUT2D eigenvalue weighted by atomic mass is 10.4. The van der Waals surface area contributed by atoms with Crippen molar-refractivity contribution in [2.45, 2.75) is 26.7 Å². The zero-order valence-electron chi connectivity index (χ0n) is 7.83. The van der Waals surface area contributed by atoms with Gasteiger partial charge in [-0.1, -0.05) is 13.3 Å². The van der Waals surface area contributed by atoms with E-state index in [1.807, 2.05) is 6.92 Å². The molecule has 0 saturated carbocycles. The van der Waals surface area contributed by atoms with Crippen LogP contribution in [0.2, 0.25) is 0 Å². The number of hydrogen-bond donors (Lipinski definition) is 0. The fourth-order valence-electron chi connectivity index (χ4n) is 0.276. The highest BCUT2D eigenvalue weighted by molar-refractivity contribution is 5.65. The van der Waals surface area contributed by atoms with Gasteiger partial charge in [0.2, 0.25) is 0 Å². The lowest BCUT2D eigenvalue weighted by molar-refractivity contribution is -0.138. The van der Waals surface area contributed by atoms with Crippen molar-refractivity contribution in [1.29, 1.82) is 0 Å². The maximum Gasteiger partial charge on any atom is 0.302 e. The minimum absolute atomic E-state index is 0.245. The number of carbonyl (C=O) groups is 2. The number of unbranched alkanes of at least 4 members (excludes halogenated alkanes) is 1. The SMILES string of the molecule is CCCCOC=O.COC(C)=O. The molecule has 12 heavy (non-hydrogen) atoms. The molecule has 0 unspecified atom stereocenters. The van der Waals surface area contributed by atoms with Crippen molar-refractivity contribution < 1.29 is 19.1 Å². The van der Waals surface area contributed by atoms with E-state index in [0.29, 0.717) is 13.1 Å². The van der Waals surface area contributed by atoms with Crippen molar-refractivity contribution in [1.82, 2.24) is 0 Å². The van der Waals surface area contributed by atoms with Crippen LogP contribution in [0.1, 0.15) is 26.7 Å². The Labute approximate surface area is 72.8 Å². The van der Waals surface area contributed by atoms with Gasteiger partial charge in [0, 0.05) is 6.92 Å². The Morgan fingerprint density at radius 3 is 2.25 bits per heavy atom. The molecule has 0 spiro atoms. The topological polar surface area (TPSA) is 52.6 Å². The summed E-state index contributed by atoms with van der Waals surface area (Å²) in [6.07, 6.45) is 2.05. The van der Waals surface area contributed by atoms with Crippen LogP contribution in [-0.4, -0.2) is 26.2 Å². The molecular formula is C8H16O4. The van der Waals surface area contributed by atoms with Crippen LogP contribution in [-0.2, 0) is 19.1 Å². The Hall–Kier alpha value is -1.06. The summed E-state index contributed by atoms with van der Waals surface area (Å²) in [6, 6.07) is 0. The standard InChI is InChI=1S/C5H10O2.C3H6O2/c1-2-3-4-7-5-6;1-3(4)5-2/h5H,2-4H2,1H3;1-2H3. The summed E-state index contributed by atoms with van der Waals surface area (Å²) in [5, 5.41) is 0. The number of rotatable bonds is 4. The first-order valence-electron chi connectivity index (χ1n) is 3.78. The van der Waals surface area contributed by atoms with Crippen LogP contribution in [0.5, 0.6) is 0 Å². The van der Waals surface area contributed by atoms with Gasteiger partial charge in [0.05, 0.1) is 13.7 Å². The predicted molar refractivity (Wildman–Crippen MR) is 44.6 cm³/mol. The van der Waals surface area contributed by atoms with Crippen LogP contribution >= 0.6 is 0 Å². The lowest BCUT2D eigenvalue weighted by Crippen LogP contribution is -1.88. The van der Waals surface area contributed by atoms with Crippen LogP contribution in [0.3, 0.4) is 0 Å². The summed E-state index contributed by atoms with van der Waals surface area (Å²) in [5.74, 6) is -0.245. The predicted octanol–water partition coefficient (Wildman–Crippen LogP) is 1.14. The summed E-state index contributed by atoms with van der Waals surface area (Å²) < 4.78 is 8.50. The minimum Gasteiger partial charge on any atom is -0.469 e. The molecule has 0 aliphatic heterocycles. The zero-order valence-corrected chi connectivity index (χ0v) is 7.83. The molecule has 0 fully saturated rings. The normalized spacial score (nSPS) is 7.58. The largest absolute Gasteiger partial charge is 0.469 e. The molecule has 0 atom stereocenters. The van der Waals surface area contributed by atoms with Crippen LogP contribution in [0, 0.1) is 0 Å². The van der Waals surface area contributed by atoms with Gasteiger partial charge in [-0.3, -0.25) is 9.59 Å². The fourth-order valence-corrected chi connectivity index (χ4v) is 0.276. The number of carbonyl (C=O) groups excluding carboxylic acids is 2. The van der Waals surface area contributed by atoms with Gasteiger partial charge in [0.25, 0.3) is 6.47 Å². The molecule has 0 aliphatic carbocycles. The van der Waals surface area contributed by atoms with E-state index >= 15 is 0 Å². The first-order chi connectivity index (χ1) is 5.68. The van der Waals surface area contributed by atoms with E-state index in [1.54, 1.807) is 0 Å². The van der Waals surface area contributed by atoms with Crippen molar-refractivity contribution >= 4 is 12.4 Å². The van der Waals surface area contributed by atoms with E-state index in [2.05, 4.69) is 9.47 Å². The molecule has 0 rings (SSSR count). The smallest absolute Gasteiger partial charge is 0.302 e. The van der Waals surface area contributed by atoms with Gasteiger partial charge in [-0.05, 0) is 6.42 Å². The Kier molecular flexibility index (Phi) is 14.2. The van der Waals surface area contributed by atoms with Crippen LogP contribution in [0.15, 0.2) is 0 Å². The van der Waals surface area contributed by atoms with E-state index in [-0.39, 0.29) is 5.97 Å². The second-order valence-electron chi connectivity index (χ2n) is 2.02. The maximum atomic E-state index is 9.59. The van der Waals surface area contributed by atoms with Gasteiger partial charge in [-0.2, -0.15) is 0 Å². The lowest BCUT2D eigenvalue weighted by Gasteiger charge is -1.90. The van der Waals surface area contributed by atoms with E-state index in [1.165, 1.54) is 14.0 Å². The third-order valence-electron chi connectivity index (χ3n) is 0.971. The molecule has 72 valence electrons. The quantitative estimate of drug-likeness (QED) is 0.366. The van der Waals surface area contributed by atoms with Gasteiger partial charge in [0.15, 0.2) is 0 Å². The van der Waals surface area contributed by atoms with Crippen LogP contribution < -0.4 is 0 Å². The van der Waals surface area contributed by atoms with Gasteiger partial charge < -0.3 is 9.47 Å². The molecule has 0 N–H and O–H groups in total. The third-order valence-corrected chi connectivity index (χ3v) is 0.971. The number of esters is 1. The molecule has 0 heterocycles. The molecule has 0 aromatic rings. The average Bonchev–Trinajstić information content (AvgIpc) is 2.07. The zero-order chi connectivity index (χ0) is 9.82. The highest BCUT2D eigenvalue weighted by Crippen LogP contribution is 1.83.